The van der Waals surface area contributed by atoms with Crippen LogP contribution in [0.15, 0.2) is 76.7 Å². The van der Waals surface area contributed by atoms with Crippen molar-refractivity contribution in [2.45, 2.75) is 0 Å². The second-order valence-corrected chi connectivity index (χ2v) is 8.02. The van der Waals surface area contributed by atoms with E-state index in [0.29, 0.717) is 27.8 Å². The summed E-state index contributed by atoms with van der Waals surface area (Å²) in [6.07, 6.45) is 7.32. The SMILES string of the molecule is CS(=O)(=O)Nc1ccc(-c2coc3cc(-c4cncnc4)ccc3c2=O)cc1. The Bertz CT molecular complexity index is 1320. The minimum atomic E-state index is -3.36. The zero-order valence-corrected chi connectivity index (χ0v) is 15.6. The molecule has 4 aromatic rings. The standard InChI is InChI=1S/C20H15N3O4S/c1-28(25,26)23-16-5-2-13(3-6-16)18-11-27-19-8-14(4-7-17(19)20(18)24)15-9-21-12-22-10-15/h2-12,23H,1H3. The first-order valence-electron chi connectivity index (χ1n) is 8.30. The Kier molecular flexibility index (Phi) is 4.40. The molecule has 0 radical (unpaired) electrons. The summed E-state index contributed by atoms with van der Waals surface area (Å²) in [4.78, 5) is 20.9. The second-order valence-electron chi connectivity index (χ2n) is 6.27. The maximum Gasteiger partial charge on any atom is 0.229 e. The fraction of sp³-hybridized carbons (Fsp3) is 0.0500. The van der Waals surface area contributed by atoms with Crippen molar-refractivity contribution in [1.82, 2.24) is 9.97 Å². The Morgan fingerprint density at radius 3 is 2.29 bits per heavy atom. The van der Waals surface area contributed by atoms with Crippen molar-refractivity contribution < 1.29 is 12.8 Å². The molecule has 140 valence electrons. The van der Waals surface area contributed by atoms with Crippen LogP contribution in [0.25, 0.3) is 33.2 Å². The number of nitrogens with one attached hydrogen (secondary N) is 1. The van der Waals surface area contributed by atoms with E-state index in [1.807, 2.05) is 6.07 Å². The van der Waals surface area contributed by atoms with Gasteiger partial charge < -0.3 is 4.42 Å². The van der Waals surface area contributed by atoms with Gasteiger partial charge in [-0.05, 0) is 35.4 Å². The average molecular weight is 393 g/mol. The fourth-order valence-electron chi connectivity index (χ4n) is 2.89. The van der Waals surface area contributed by atoms with E-state index in [4.69, 9.17) is 4.42 Å². The summed E-state index contributed by atoms with van der Waals surface area (Å²) in [5.41, 5.74) is 3.42. The Morgan fingerprint density at radius 2 is 1.61 bits per heavy atom. The van der Waals surface area contributed by atoms with Gasteiger partial charge in [0.25, 0.3) is 0 Å². The highest BCUT2D eigenvalue weighted by Gasteiger charge is 2.11. The molecule has 2 aromatic heterocycles. The van der Waals surface area contributed by atoms with Gasteiger partial charge in [0.05, 0.1) is 17.2 Å². The van der Waals surface area contributed by atoms with E-state index < -0.39 is 10.0 Å². The molecule has 4 rings (SSSR count). The van der Waals surface area contributed by atoms with E-state index in [-0.39, 0.29) is 5.43 Å². The minimum absolute atomic E-state index is 0.166. The maximum atomic E-state index is 12.9. The lowest BCUT2D eigenvalue weighted by Crippen LogP contribution is -2.09. The third-order valence-corrected chi connectivity index (χ3v) is 4.77. The maximum absolute atomic E-state index is 12.9. The number of hydrogen-bond acceptors (Lipinski definition) is 6. The Morgan fingerprint density at radius 1 is 0.929 bits per heavy atom. The van der Waals surface area contributed by atoms with Crippen molar-refractivity contribution in [2.75, 3.05) is 11.0 Å². The number of sulfonamides is 1. The van der Waals surface area contributed by atoms with Gasteiger partial charge in [-0.25, -0.2) is 18.4 Å². The first-order chi connectivity index (χ1) is 13.4. The average Bonchev–Trinajstić information content (AvgIpc) is 2.68. The number of hydrogen-bond donors (Lipinski definition) is 1. The van der Waals surface area contributed by atoms with E-state index in [9.17, 15) is 13.2 Å². The molecule has 2 heterocycles. The van der Waals surface area contributed by atoms with Crippen molar-refractivity contribution in [3.63, 3.8) is 0 Å². The topological polar surface area (TPSA) is 102 Å². The third kappa shape index (κ3) is 3.63. The Balaban J connectivity index is 1.73. The van der Waals surface area contributed by atoms with E-state index in [1.54, 1.807) is 48.8 Å². The van der Waals surface area contributed by atoms with Crippen molar-refractivity contribution >= 4 is 26.7 Å². The van der Waals surface area contributed by atoms with Gasteiger partial charge in [-0.1, -0.05) is 18.2 Å². The predicted octanol–water partition coefficient (Wildman–Crippen LogP) is 3.29. The lowest BCUT2D eigenvalue weighted by Gasteiger charge is -2.07. The van der Waals surface area contributed by atoms with E-state index in [1.165, 1.54) is 12.6 Å². The molecular formula is C20H15N3O4S. The molecule has 28 heavy (non-hydrogen) atoms. The number of anilines is 1. The third-order valence-electron chi connectivity index (χ3n) is 4.17. The van der Waals surface area contributed by atoms with Crippen molar-refractivity contribution in [1.29, 1.82) is 0 Å². The molecule has 0 spiro atoms. The van der Waals surface area contributed by atoms with E-state index in [0.717, 1.165) is 17.4 Å². The number of rotatable bonds is 4. The Labute approximate surface area is 160 Å². The summed E-state index contributed by atoms with van der Waals surface area (Å²) in [5.74, 6) is 0. The van der Waals surface area contributed by atoms with Gasteiger partial charge in [-0.2, -0.15) is 0 Å². The van der Waals surface area contributed by atoms with Crippen LogP contribution in [0.3, 0.4) is 0 Å². The van der Waals surface area contributed by atoms with Crippen molar-refractivity contribution in [2.24, 2.45) is 0 Å². The molecule has 0 fully saturated rings. The monoisotopic (exact) mass is 393 g/mol. The lowest BCUT2D eigenvalue weighted by atomic mass is 10.0. The highest BCUT2D eigenvalue weighted by Crippen LogP contribution is 2.25. The van der Waals surface area contributed by atoms with Crippen molar-refractivity contribution in [3.05, 3.63) is 77.7 Å². The smallest absolute Gasteiger partial charge is 0.229 e. The molecule has 0 saturated carbocycles. The first-order valence-corrected chi connectivity index (χ1v) is 10.2. The van der Waals surface area contributed by atoms with Crippen LogP contribution in [0, 0.1) is 0 Å². The summed E-state index contributed by atoms with van der Waals surface area (Å²) >= 11 is 0. The fourth-order valence-corrected chi connectivity index (χ4v) is 3.45. The highest BCUT2D eigenvalue weighted by molar-refractivity contribution is 7.92. The number of aromatic nitrogens is 2. The van der Waals surface area contributed by atoms with Gasteiger partial charge in [-0.15, -0.1) is 0 Å². The molecule has 0 aliphatic heterocycles. The van der Waals surface area contributed by atoms with Crippen LogP contribution in [0.4, 0.5) is 5.69 Å². The molecule has 0 aliphatic rings. The van der Waals surface area contributed by atoms with Gasteiger partial charge >= 0.3 is 0 Å². The first kappa shape index (κ1) is 17.9. The van der Waals surface area contributed by atoms with Gasteiger partial charge in [0, 0.05) is 23.6 Å². The quantitative estimate of drug-likeness (QED) is 0.571. The molecule has 0 bridgehead atoms. The second kappa shape index (κ2) is 6.90. The number of nitrogens with zero attached hydrogens (tertiary/aromatic N) is 2. The highest BCUT2D eigenvalue weighted by atomic mass is 32.2. The Hall–Kier alpha value is -3.52. The van der Waals surface area contributed by atoms with E-state index in [2.05, 4.69) is 14.7 Å². The van der Waals surface area contributed by atoms with Crippen molar-refractivity contribution in [3.8, 4) is 22.3 Å². The molecular weight excluding hydrogens is 378 g/mol. The molecule has 0 unspecified atom stereocenters. The summed E-state index contributed by atoms with van der Waals surface area (Å²) in [7, 11) is -3.36. The van der Waals surface area contributed by atoms with Crippen LogP contribution in [0.5, 0.6) is 0 Å². The molecule has 0 atom stereocenters. The normalized spacial score (nSPS) is 11.5. The summed E-state index contributed by atoms with van der Waals surface area (Å²) in [6, 6.07) is 11.8. The van der Waals surface area contributed by atoms with Gasteiger partial charge in [0.2, 0.25) is 10.0 Å². The molecule has 0 amide bonds. The molecule has 0 aliphatic carbocycles. The van der Waals surface area contributed by atoms with Crippen LogP contribution in [0.2, 0.25) is 0 Å². The van der Waals surface area contributed by atoms with Crippen LogP contribution in [-0.4, -0.2) is 24.6 Å². The van der Waals surface area contributed by atoms with Crippen LogP contribution in [-0.2, 0) is 10.0 Å². The zero-order chi connectivity index (χ0) is 19.7. The van der Waals surface area contributed by atoms with Gasteiger partial charge in [0.1, 0.15) is 18.2 Å². The zero-order valence-electron chi connectivity index (χ0n) is 14.8. The molecule has 2 aromatic carbocycles. The predicted molar refractivity (Wildman–Crippen MR) is 107 cm³/mol. The summed E-state index contributed by atoms with van der Waals surface area (Å²) in [5, 5.41) is 0.455. The number of benzene rings is 2. The van der Waals surface area contributed by atoms with Crippen LogP contribution < -0.4 is 10.2 Å². The van der Waals surface area contributed by atoms with Gasteiger partial charge in [0.15, 0.2) is 5.43 Å². The minimum Gasteiger partial charge on any atom is -0.463 e. The van der Waals surface area contributed by atoms with Gasteiger partial charge in [-0.3, -0.25) is 9.52 Å². The molecule has 0 saturated heterocycles. The lowest BCUT2D eigenvalue weighted by molar-refractivity contribution is 0.604. The largest absolute Gasteiger partial charge is 0.463 e. The van der Waals surface area contributed by atoms with E-state index >= 15 is 0 Å². The molecule has 1 N–H and O–H groups in total. The summed E-state index contributed by atoms with van der Waals surface area (Å²) < 4.78 is 30.7. The molecule has 7 nitrogen and oxygen atoms in total. The molecule has 8 heteroatoms. The number of fused-ring (bicyclic) bond motifs is 1. The van der Waals surface area contributed by atoms with Crippen LogP contribution >= 0.6 is 0 Å². The van der Waals surface area contributed by atoms with Crippen LogP contribution in [0.1, 0.15) is 0 Å². The summed E-state index contributed by atoms with van der Waals surface area (Å²) in [6.45, 7) is 0.